The summed E-state index contributed by atoms with van der Waals surface area (Å²) in [5, 5.41) is 9.44. The fourth-order valence-corrected chi connectivity index (χ4v) is 2.50. The molecule has 0 saturated heterocycles. The lowest BCUT2D eigenvalue weighted by Crippen LogP contribution is -2.08. The fraction of sp³-hybridized carbons (Fsp3) is 0.385. The molecule has 0 aliphatic heterocycles. The normalized spacial score (nSPS) is 12.2. The lowest BCUT2D eigenvalue weighted by Gasteiger charge is -2.13. The molecule has 1 N–H and O–H groups in total. The number of ether oxygens (including phenoxy) is 1. The van der Waals surface area contributed by atoms with Crippen molar-refractivity contribution in [3.63, 3.8) is 0 Å². The second-order valence-corrected chi connectivity index (χ2v) is 5.13. The third kappa shape index (κ3) is 4.29. The Bertz CT molecular complexity index is 332. The van der Waals surface area contributed by atoms with Gasteiger partial charge in [-0.15, -0.1) is 18.3 Å². The highest BCUT2D eigenvalue weighted by Gasteiger charge is 2.09. The van der Waals surface area contributed by atoms with Gasteiger partial charge < -0.3 is 9.84 Å². The third-order valence-electron chi connectivity index (χ3n) is 2.14. The van der Waals surface area contributed by atoms with E-state index in [0.717, 1.165) is 22.6 Å². The maximum absolute atomic E-state index is 9.25. The summed E-state index contributed by atoms with van der Waals surface area (Å²) < 4.78 is 5.09. The predicted octanol–water partition coefficient (Wildman–Crippen LogP) is 3.11. The van der Waals surface area contributed by atoms with Crippen molar-refractivity contribution in [1.29, 1.82) is 0 Å². The Balaban J connectivity index is 2.59. The number of aliphatic hydroxyl groups is 1. The van der Waals surface area contributed by atoms with Crippen molar-refractivity contribution in [3.8, 4) is 5.75 Å². The van der Waals surface area contributed by atoms with E-state index in [1.54, 1.807) is 18.9 Å². The van der Waals surface area contributed by atoms with Gasteiger partial charge in [-0.3, -0.25) is 0 Å². The van der Waals surface area contributed by atoms with Crippen molar-refractivity contribution < 1.29 is 9.84 Å². The van der Waals surface area contributed by atoms with E-state index in [-0.39, 0.29) is 11.9 Å². The molecule has 0 radical (unpaired) electrons. The largest absolute Gasteiger partial charge is 0.497 e. The number of rotatable bonds is 6. The van der Waals surface area contributed by atoms with Crippen molar-refractivity contribution >= 4 is 11.8 Å². The van der Waals surface area contributed by atoms with Crippen molar-refractivity contribution in [2.75, 3.05) is 13.7 Å². The van der Waals surface area contributed by atoms with E-state index in [1.807, 2.05) is 31.2 Å². The van der Waals surface area contributed by atoms with Gasteiger partial charge in [0.25, 0.3) is 0 Å². The zero-order valence-corrected chi connectivity index (χ0v) is 10.6. The van der Waals surface area contributed by atoms with Crippen molar-refractivity contribution in [2.24, 2.45) is 0 Å². The molecule has 0 heterocycles. The molecule has 0 amide bonds. The van der Waals surface area contributed by atoms with Gasteiger partial charge >= 0.3 is 0 Å². The lowest BCUT2D eigenvalue weighted by molar-refractivity contribution is 0.294. The molecule has 0 spiro atoms. The maximum atomic E-state index is 9.25. The van der Waals surface area contributed by atoms with Crippen LogP contribution in [-0.4, -0.2) is 24.1 Å². The lowest BCUT2D eigenvalue weighted by atomic mass is 10.2. The van der Waals surface area contributed by atoms with Gasteiger partial charge in [0.1, 0.15) is 5.75 Å². The SMILES string of the molecule is C=C(C)CC(CO)Sc1ccc(OC)cc1. The number of benzene rings is 1. The summed E-state index contributed by atoms with van der Waals surface area (Å²) in [4.78, 5) is 1.14. The molecule has 1 aromatic rings. The standard InChI is InChI=1S/C13H18O2S/c1-10(2)8-13(9-14)16-12-6-4-11(15-3)5-7-12/h4-7,13-14H,1,8-9H2,2-3H3. The molecular weight excluding hydrogens is 220 g/mol. The summed E-state index contributed by atoms with van der Waals surface area (Å²) in [6.07, 6.45) is 0.840. The minimum Gasteiger partial charge on any atom is -0.497 e. The number of hydrogen-bond acceptors (Lipinski definition) is 3. The van der Waals surface area contributed by atoms with Gasteiger partial charge in [0.05, 0.1) is 13.7 Å². The molecule has 0 aromatic heterocycles. The van der Waals surface area contributed by atoms with E-state index in [0.29, 0.717) is 0 Å². The fourth-order valence-electron chi connectivity index (χ4n) is 1.38. The van der Waals surface area contributed by atoms with E-state index < -0.39 is 0 Å². The average molecular weight is 238 g/mol. The van der Waals surface area contributed by atoms with Gasteiger partial charge in [0.2, 0.25) is 0 Å². The van der Waals surface area contributed by atoms with Crippen LogP contribution in [0, 0.1) is 0 Å². The van der Waals surface area contributed by atoms with Crippen LogP contribution >= 0.6 is 11.8 Å². The van der Waals surface area contributed by atoms with Crippen LogP contribution in [0.2, 0.25) is 0 Å². The second kappa shape index (κ2) is 6.61. The minimum absolute atomic E-state index is 0.170. The van der Waals surface area contributed by atoms with Gasteiger partial charge in [0.15, 0.2) is 0 Å². The number of methoxy groups -OCH3 is 1. The maximum Gasteiger partial charge on any atom is 0.118 e. The second-order valence-electron chi connectivity index (χ2n) is 3.76. The third-order valence-corrected chi connectivity index (χ3v) is 3.34. The summed E-state index contributed by atoms with van der Waals surface area (Å²) in [5.74, 6) is 0.852. The van der Waals surface area contributed by atoms with Crippen LogP contribution in [0.3, 0.4) is 0 Å². The molecule has 1 aromatic carbocycles. The molecule has 0 aliphatic carbocycles. The Morgan fingerprint density at radius 1 is 1.44 bits per heavy atom. The van der Waals surface area contributed by atoms with Crippen molar-refractivity contribution in [2.45, 2.75) is 23.5 Å². The highest BCUT2D eigenvalue weighted by molar-refractivity contribution is 8.00. The average Bonchev–Trinajstić information content (AvgIpc) is 2.28. The van der Waals surface area contributed by atoms with Crippen LogP contribution in [0.5, 0.6) is 5.75 Å². The zero-order chi connectivity index (χ0) is 12.0. The molecule has 0 fully saturated rings. The Morgan fingerprint density at radius 2 is 2.06 bits per heavy atom. The number of aliphatic hydroxyl groups excluding tert-OH is 1. The van der Waals surface area contributed by atoms with Gasteiger partial charge in [-0.05, 0) is 37.6 Å². The first kappa shape index (κ1) is 13.1. The number of hydrogen-bond donors (Lipinski definition) is 1. The summed E-state index contributed by atoms with van der Waals surface area (Å²) in [7, 11) is 1.65. The molecule has 3 heteroatoms. The Labute approximate surface area is 101 Å². The van der Waals surface area contributed by atoms with Crippen LogP contribution in [0.25, 0.3) is 0 Å². The molecule has 0 saturated carbocycles. The molecule has 0 bridgehead atoms. The highest BCUT2D eigenvalue weighted by Crippen LogP contribution is 2.28. The van der Waals surface area contributed by atoms with Crippen LogP contribution in [0.15, 0.2) is 41.3 Å². The van der Waals surface area contributed by atoms with E-state index in [1.165, 1.54) is 0 Å². The van der Waals surface area contributed by atoms with Crippen molar-refractivity contribution in [1.82, 2.24) is 0 Å². The molecule has 16 heavy (non-hydrogen) atoms. The van der Waals surface area contributed by atoms with E-state index in [4.69, 9.17) is 4.74 Å². The number of thioether (sulfide) groups is 1. The molecule has 1 unspecified atom stereocenters. The summed E-state index contributed by atoms with van der Waals surface area (Å²) in [6, 6.07) is 7.87. The summed E-state index contributed by atoms with van der Waals surface area (Å²) in [6.45, 7) is 6.02. The molecular formula is C13H18O2S. The highest BCUT2D eigenvalue weighted by atomic mass is 32.2. The van der Waals surface area contributed by atoms with Crippen LogP contribution in [0.4, 0.5) is 0 Å². The van der Waals surface area contributed by atoms with Gasteiger partial charge in [-0.25, -0.2) is 0 Å². The first-order valence-electron chi connectivity index (χ1n) is 5.21. The van der Waals surface area contributed by atoms with Crippen LogP contribution in [-0.2, 0) is 0 Å². The van der Waals surface area contributed by atoms with E-state index in [2.05, 4.69) is 6.58 Å². The summed E-state index contributed by atoms with van der Waals surface area (Å²) >= 11 is 1.67. The van der Waals surface area contributed by atoms with Crippen LogP contribution < -0.4 is 4.74 Å². The first-order valence-corrected chi connectivity index (χ1v) is 6.09. The molecule has 2 nitrogen and oxygen atoms in total. The topological polar surface area (TPSA) is 29.5 Å². The predicted molar refractivity (Wildman–Crippen MR) is 69.2 cm³/mol. The quantitative estimate of drug-likeness (QED) is 0.610. The van der Waals surface area contributed by atoms with E-state index in [9.17, 15) is 5.11 Å². The molecule has 1 atom stereocenters. The zero-order valence-electron chi connectivity index (χ0n) is 9.77. The molecule has 88 valence electrons. The van der Waals surface area contributed by atoms with Gasteiger partial charge in [0, 0.05) is 10.1 Å². The van der Waals surface area contributed by atoms with Crippen LogP contribution in [0.1, 0.15) is 13.3 Å². The minimum atomic E-state index is 0.170. The summed E-state index contributed by atoms with van der Waals surface area (Å²) in [5.41, 5.74) is 1.10. The molecule has 1 rings (SSSR count). The Kier molecular flexibility index (Phi) is 5.43. The Morgan fingerprint density at radius 3 is 2.50 bits per heavy atom. The van der Waals surface area contributed by atoms with Gasteiger partial charge in [-0.1, -0.05) is 5.57 Å². The van der Waals surface area contributed by atoms with Crippen molar-refractivity contribution in [3.05, 3.63) is 36.4 Å². The molecule has 0 aliphatic rings. The monoisotopic (exact) mass is 238 g/mol. The first-order chi connectivity index (χ1) is 7.65. The smallest absolute Gasteiger partial charge is 0.118 e. The van der Waals surface area contributed by atoms with E-state index >= 15 is 0 Å². The van der Waals surface area contributed by atoms with Gasteiger partial charge in [-0.2, -0.15) is 0 Å². The Hall–Kier alpha value is -0.930. The number of allylic oxidation sites excluding steroid dienone is 1.